The van der Waals surface area contributed by atoms with Crippen molar-refractivity contribution in [3.63, 3.8) is 0 Å². The first-order valence-electron chi connectivity index (χ1n) is 7.60. The van der Waals surface area contributed by atoms with Crippen molar-refractivity contribution in [1.82, 2.24) is 10.2 Å². The maximum atomic E-state index is 11.9. The molecule has 0 atom stereocenters. The summed E-state index contributed by atoms with van der Waals surface area (Å²) in [7, 11) is 0. The van der Waals surface area contributed by atoms with Crippen LogP contribution in [-0.2, 0) is 4.79 Å². The lowest BCUT2D eigenvalue weighted by atomic mass is 9.88. The number of carbonyl (C=O) groups excluding carboxylic acids is 1. The Kier molecular flexibility index (Phi) is 6.86. The number of amides is 1. The molecule has 1 amide bonds. The average Bonchev–Trinajstić information content (AvgIpc) is 2.42. The van der Waals surface area contributed by atoms with Crippen molar-refractivity contribution in [1.29, 1.82) is 5.26 Å². The third kappa shape index (κ3) is 5.20. The van der Waals surface area contributed by atoms with E-state index in [1.54, 1.807) is 0 Å². The van der Waals surface area contributed by atoms with Crippen LogP contribution in [-0.4, -0.2) is 36.0 Å². The molecule has 0 saturated carbocycles. The Bertz CT molecular complexity index is 314. The molecule has 0 aliphatic carbocycles. The van der Waals surface area contributed by atoms with E-state index in [-0.39, 0.29) is 5.91 Å². The molecule has 19 heavy (non-hydrogen) atoms. The predicted molar refractivity (Wildman–Crippen MR) is 76.6 cm³/mol. The summed E-state index contributed by atoms with van der Waals surface area (Å²) in [5, 5.41) is 12.4. The molecule has 1 saturated heterocycles. The van der Waals surface area contributed by atoms with E-state index < -0.39 is 5.54 Å². The third-order valence-electron chi connectivity index (χ3n) is 3.85. The van der Waals surface area contributed by atoms with Crippen molar-refractivity contribution in [3.05, 3.63) is 0 Å². The number of unbranched alkanes of at least 4 members (excludes halogenated alkanes) is 2. The first kappa shape index (κ1) is 16.0. The van der Waals surface area contributed by atoms with Crippen LogP contribution in [0.4, 0.5) is 0 Å². The summed E-state index contributed by atoms with van der Waals surface area (Å²) >= 11 is 0. The number of piperidine rings is 1. The number of hydrogen-bond acceptors (Lipinski definition) is 3. The Hall–Kier alpha value is -1.08. The molecule has 1 rings (SSSR count). The topological polar surface area (TPSA) is 56.1 Å². The van der Waals surface area contributed by atoms with Gasteiger partial charge in [0.25, 0.3) is 0 Å². The average molecular weight is 265 g/mol. The molecule has 1 fully saturated rings. The molecule has 0 aromatic rings. The van der Waals surface area contributed by atoms with E-state index in [1.807, 2.05) is 0 Å². The molecule has 0 aromatic heterocycles. The molecular weight excluding hydrogens is 238 g/mol. The zero-order valence-corrected chi connectivity index (χ0v) is 12.4. The summed E-state index contributed by atoms with van der Waals surface area (Å²) in [5.41, 5.74) is -0.618. The molecule has 0 bridgehead atoms. The monoisotopic (exact) mass is 265 g/mol. The third-order valence-corrected chi connectivity index (χ3v) is 3.85. The number of likely N-dealkylation sites (tertiary alicyclic amines) is 1. The molecule has 4 heteroatoms. The van der Waals surface area contributed by atoms with Crippen molar-refractivity contribution in [2.45, 2.75) is 64.3 Å². The molecule has 0 unspecified atom stereocenters. The van der Waals surface area contributed by atoms with Crippen molar-refractivity contribution in [2.24, 2.45) is 0 Å². The molecule has 0 aromatic carbocycles. The van der Waals surface area contributed by atoms with Gasteiger partial charge in [-0.1, -0.05) is 26.7 Å². The summed E-state index contributed by atoms with van der Waals surface area (Å²) in [6.07, 6.45) is 6.32. The summed E-state index contributed by atoms with van der Waals surface area (Å²) < 4.78 is 0. The second-order valence-corrected chi connectivity index (χ2v) is 5.54. The second-order valence-electron chi connectivity index (χ2n) is 5.54. The van der Waals surface area contributed by atoms with Gasteiger partial charge in [-0.2, -0.15) is 5.26 Å². The lowest BCUT2D eigenvalue weighted by Crippen LogP contribution is -2.54. The minimum Gasteiger partial charge on any atom is -0.338 e. The van der Waals surface area contributed by atoms with Crippen molar-refractivity contribution >= 4 is 5.91 Å². The van der Waals surface area contributed by atoms with Gasteiger partial charge in [0.1, 0.15) is 5.54 Å². The summed E-state index contributed by atoms with van der Waals surface area (Å²) in [4.78, 5) is 14.3. The van der Waals surface area contributed by atoms with Crippen LogP contribution >= 0.6 is 0 Å². The standard InChI is InChI=1S/C15H27N3O/c1-3-5-6-7-14(19)17-15(13-16)8-11-18(10-4-2)12-9-15/h3-12H2,1-2H3,(H,17,19). The van der Waals surface area contributed by atoms with Gasteiger partial charge in [0.2, 0.25) is 5.91 Å². The molecule has 1 heterocycles. The fourth-order valence-electron chi connectivity index (χ4n) is 2.60. The SMILES string of the molecule is CCCCCC(=O)NC1(C#N)CCN(CCC)CC1. The Morgan fingerprint density at radius 2 is 1.95 bits per heavy atom. The highest BCUT2D eigenvalue weighted by atomic mass is 16.1. The maximum Gasteiger partial charge on any atom is 0.221 e. The number of nitrogens with one attached hydrogen (secondary N) is 1. The highest BCUT2D eigenvalue weighted by Gasteiger charge is 2.35. The normalized spacial score (nSPS) is 18.8. The summed E-state index contributed by atoms with van der Waals surface area (Å²) in [6, 6.07) is 2.34. The van der Waals surface area contributed by atoms with Crippen LogP contribution in [0.1, 0.15) is 58.8 Å². The van der Waals surface area contributed by atoms with Gasteiger partial charge in [-0.25, -0.2) is 0 Å². The largest absolute Gasteiger partial charge is 0.338 e. The maximum absolute atomic E-state index is 11.9. The second kappa shape index (κ2) is 8.16. The van der Waals surface area contributed by atoms with E-state index in [1.165, 1.54) is 0 Å². The van der Waals surface area contributed by atoms with Gasteiger partial charge >= 0.3 is 0 Å². The zero-order valence-electron chi connectivity index (χ0n) is 12.4. The van der Waals surface area contributed by atoms with Crippen LogP contribution in [0.15, 0.2) is 0 Å². The van der Waals surface area contributed by atoms with Crippen molar-refractivity contribution < 1.29 is 4.79 Å². The van der Waals surface area contributed by atoms with E-state index in [0.29, 0.717) is 6.42 Å². The summed E-state index contributed by atoms with van der Waals surface area (Å²) in [5.74, 6) is 0.0407. The van der Waals surface area contributed by atoms with Gasteiger partial charge in [0.15, 0.2) is 0 Å². The van der Waals surface area contributed by atoms with E-state index in [4.69, 9.17) is 0 Å². The molecule has 1 N–H and O–H groups in total. The van der Waals surface area contributed by atoms with E-state index in [2.05, 4.69) is 30.1 Å². The lowest BCUT2D eigenvalue weighted by Gasteiger charge is -2.37. The van der Waals surface area contributed by atoms with Crippen LogP contribution in [0, 0.1) is 11.3 Å². The smallest absolute Gasteiger partial charge is 0.221 e. The molecule has 108 valence electrons. The Morgan fingerprint density at radius 1 is 1.26 bits per heavy atom. The van der Waals surface area contributed by atoms with Gasteiger partial charge in [-0.3, -0.25) is 4.79 Å². The fourth-order valence-corrected chi connectivity index (χ4v) is 2.60. The number of hydrogen-bond donors (Lipinski definition) is 1. The first-order chi connectivity index (χ1) is 9.15. The minimum absolute atomic E-state index is 0.0407. The fraction of sp³-hybridized carbons (Fsp3) is 0.867. The zero-order chi connectivity index (χ0) is 14.1. The van der Waals surface area contributed by atoms with Crippen LogP contribution < -0.4 is 5.32 Å². The number of rotatable bonds is 7. The van der Waals surface area contributed by atoms with Crippen molar-refractivity contribution in [2.75, 3.05) is 19.6 Å². The number of carbonyl (C=O) groups is 1. The van der Waals surface area contributed by atoms with E-state index in [9.17, 15) is 10.1 Å². The van der Waals surface area contributed by atoms with E-state index >= 15 is 0 Å². The highest BCUT2D eigenvalue weighted by molar-refractivity contribution is 5.77. The van der Waals surface area contributed by atoms with Crippen molar-refractivity contribution in [3.8, 4) is 6.07 Å². The summed E-state index contributed by atoms with van der Waals surface area (Å²) in [6.45, 7) is 7.21. The van der Waals surface area contributed by atoms with Gasteiger partial charge in [-0.15, -0.1) is 0 Å². The molecule has 4 nitrogen and oxygen atoms in total. The molecule has 1 aliphatic rings. The van der Waals surface area contributed by atoms with Crippen LogP contribution in [0.5, 0.6) is 0 Å². The van der Waals surface area contributed by atoms with Gasteiger partial charge < -0.3 is 10.2 Å². The van der Waals surface area contributed by atoms with Crippen LogP contribution in [0.2, 0.25) is 0 Å². The molecule has 1 aliphatic heterocycles. The van der Waals surface area contributed by atoms with E-state index in [0.717, 1.165) is 58.2 Å². The van der Waals surface area contributed by atoms with Gasteiger partial charge in [0, 0.05) is 19.5 Å². The van der Waals surface area contributed by atoms with Gasteiger partial charge in [-0.05, 0) is 32.2 Å². The molecule has 0 spiro atoms. The lowest BCUT2D eigenvalue weighted by molar-refractivity contribution is -0.123. The minimum atomic E-state index is -0.618. The number of nitriles is 1. The Balaban J connectivity index is 2.41. The quantitative estimate of drug-likeness (QED) is 0.719. The predicted octanol–water partition coefficient (Wildman–Crippen LogP) is 2.45. The Morgan fingerprint density at radius 3 is 2.47 bits per heavy atom. The Labute approximate surface area is 117 Å². The molecular formula is C15H27N3O. The first-order valence-corrected chi connectivity index (χ1v) is 7.60. The van der Waals surface area contributed by atoms with Crippen LogP contribution in [0.3, 0.4) is 0 Å². The highest BCUT2D eigenvalue weighted by Crippen LogP contribution is 2.22. The van der Waals surface area contributed by atoms with Crippen LogP contribution in [0.25, 0.3) is 0 Å². The van der Waals surface area contributed by atoms with Gasteiger partial charge in [0.05, 0.1) is 6.07 Å². The number of nitrogens with zero attached hydrogens (tertiary/aromatic N) is 2. The molecule has 0 radical (unpaired) electrons.